The topological polar surface area (TPSA) is 38.8 Å². The molecule has 0 aromatic heterocycles. The van der Waals surface area contributed by atoms with Gasteiger partial charge in [-0.15, -0.1) is 0 Å². The van der Waals surface area contributed by atoms with Gasteiger partial charge in [-0.2, -0.15) is 0 Å². The lowest BCUT2D eigenvalue weighted by atomic mass is 10.0. The second-order valence-corrected chi connectivity index (χ2v) is 6.00. The molecule has 0 radical (unpaired) electrons. The standard InChI is InChI=1S/C19H16FNO3/c1-11-4-3-5-16-17(11)12(2)19(22)21(16)8-13-6-15(20)7-14-9-23-10-24-18(13)14/h3-7H,2,8-10H2,1H3. The van der Waals surface area contributed by atoms with Gasteiger partial charge in [0.05, 0.1) is 18.8 Å². The Kier molecular flexibility index (Phi) is 3.39. The predicted molar refractivity (Wildman–Crippen MR) is 88.1 cm³/mol. The van der Waals surface area contributed by atoms with Crippen LogP contribution in [0.5, 0.6) is 5.75 Å². The summed E-state index contributed by atoms with van der Waals surface area (Å²) in [6, 6.07) is 8.55. The van der Waals surface area contributed by atoms with E-state index in [-0.39, 0.29) is 25.1 Å². The van der Waals surface area contributed by atoms with E-state index in [0.29, 0.717) is 29.1 Å². The normalized spacial score (nSPS) is 16.0. The number of fused-ring (bicyclic) bond motifs is 2. The third-order valence-electron chi connectivity index (χ3n) is 4.43. The molecule has 0 saturated carbocycles. The number of carbonyl (C=O) groups excluding carboxylic acids is 1. The number of amides is 1. The van der Waals surface area contributed by atoms with Crippen LogP contribution in [-0.4, -0.2) is 12.7 Å². The molecule has 2 aliphatic rings. The minimum Gasteiger partial charge on any atom is -0.467 e. The number of ether oxygens (including phenoxy) is 2. The van der Waals surface area contributed by atoms with Crippen molar-refractivity contribution in [3.63, 3.8) is 0 Å². The second-order valence-electron chi connectivity index (χ2n) is 6.00. The molecule has 5 heteroatoms. The number of nitrogens with zero attached hydrogens (tertiary/aromatic N) is 1. The van der Waals surface area contributed by atoms with Gasteiger partial charge in [0.15, 0.2) is 6.79 Å². The molecule has 0 spiro atoms. The van der Waals surface area contributed by atoms with E-state index in [1.165, 1.54) is 12.1 Å². The SMILES string of the molecule is C=C1C(=O)N(Cc2cc(F)cc3c2OCOC3)c2cccc(C)c21. The van der Waals surface area contributed by atoms with E-state index in [0.717, 1.165) is 16.8 Å². The molecule has 4 nitrogen and oxygen atoms in total. The summed E-state index contributed by atoms with van der Waals surface area (Å²) in [7, 11) is 0. The van der Waals surface area contributed by atoms with E-state index in [1.54, 1.807) is 4.90 Å². The molecule has 0 aliphatic carbocycles. The Bertz CT molecular complexity index is 875. The largest absolute Gasteiger partial charge is 0.467 e. The summed E-state index contributed by atoms with van der Waals surface area (Å²) in [5, 5.41) is 0. The summed E-state index contributed by atoms with van der Waals surface area (Å²) >= 11 is 0. The van der Waals surface area contributed by atoms with Crippen LogP contribution in [-0.2, 0) is 22.7 Å². The van der Waals surface area contributed by atoms with Crippen LogP contribution >= 0.6 is 0 Å². The Balaban J connectivity index is 1.78. The van der Waals surface area contributed by atoms with Gasteiger partial charge in [-0.1, -0.05) is 18.7 Å². The summed E-state index contributed by atoms with van der Waals surface area (Å²) in [5.74, 6) is 0.0688. The number of anilines is 1. The van der Waals surface area contributed by atoms with Crippen molar-refractivity contribution < 1.29 is 18.7 Å². The maximum atomic E-state index is 13.9. The molecule has 0 fully saturated rings. The molecule has 0 unspecified atom stereocenters. The zero-order chi connectivity index (χ0) is 16.8. The molecule has 2 heterocycles. The molecule has 0 bridgehead atoms. The maximum Gasteiger partial charge on any atom is 0.258 e. The first-order chi connectivity index (χ1) is 11.6. The maximum absolute atomic E-state index is 13.9. The van der Waals surface area contributed by atoms with Gasteiger partial charge in [0.1, 0.15) is 11.6 Å². The molecule has 122 valence electrons. The fraction of sp³-hybridized carbons (Fsp3) is 0.211. The van der Waals surface area contributed by atoms with E-state index in [2.05, 4.69) is 6.58 Å². The van der Waals surface area contributed by atoms with Crippen LogP contribution in [0.15, 0.2) is 36.9 Å². The molecule has 4 rings (SSSR count). The summed E-state index contributed by atoms with van der Waals surface area (Å²) in [6.45, 7) is 6.53. The van der Waals surface area contributed by atoms with E-state index >= 15 is 0 Å². The number of rotatable bonds is 2. The average molecular weight is 325 g/mol. The first-order valence-electron chi connectivity index (χ1n) is 7.69. The fourth-order valence-electron chi connectivity index (χ4n) is 3.35. The number of carbonyl (C=O) groups is 1. The minimum atomic E-state index is -0.368. The van der Waals surface area contributed by atoms with Crippen molar-refractivity contribution in [2.45, 2.75) is 20.1 Å². The molecular formula is C19H16FNO3. The van der Waals surface area contributed by atoms with E-state index in [9.17, 15) is 9.18 Å². The molecule has 0 saturated heterocycles. The van der Waals surface area contributed by atoms with Crippen molar-refractivity contribution in [1.82, 2.24) is 0 Å². The van der Waals surface area contributed by atoms with E-state index in [4.69, 9.17) is 9.47 Å². The van der Waals surface area contributed by atoms with Gasteiger partial charge in [0, 0.05) is 22.3 Å². The van der Waals surface area contributed by atoms with Crippen molar-refractivity contribution in [2.24, 2.45) is 0 Å². The van der Waals surface area contributed by atoms with Crippen molar-refractivity contribution in [3.05, 3.63) is 65.0 Å². The average Bonchev–Trinajstić information content (AvgIpc) is 2.81. The van der Waals surface area contributed by atoms with Gasteiger partial charge < -0.3 is 14.4 Å². The number of hydrogen-bond donors (Lipinski definition) is 0. The highest BCUT2D eigenvalue weighted by Crippen LogP contribution is 2.40. The van der Waals surface area contributed by atoms with Crippen molar-refractivity contribution >= 4 is 17.2 Å². The van der Waals surface area contributed by atoms with Crippen LogP contribution in [0.3, 0.4) is 0 Å². The van der Waals surface area contributed by atoms with Crippen LogP contribution in [0, 0.1) is 12.7 Å². The molecule has 0 N–H and O–H groups in total. The summed E-state index contributed by atoms with van der Waals surface area (Å²) in [6.07, 6.45) is 0. The van der Waals surface area contributed by atoms with Gasteiger partial charge in [0.2, 0.25) is 0 Å². The summed E-state index contributed by atoms with van der Waals surface area (Å²) in [5.41, 5.74) is 4.42. The van der Waals surface area contributed by atoms with Crippen LogP contribution in [0.2, 0.25) is 0 Å². The highest BCUT2D eigenvalue weighted by molar-refractivity contribution is 6.32. The van der Waals surface area contributed by atoms with Crippen molar-refractivity contribution in [1.29, 1.82) is 0 Å². The van der Waals surface area contributed by atoms with Gasteiger partial charge in [-0.05, 0) is 30.7 Å². The number of aryl methyl sites for hydroxylation is 1. The molecule has 0 atom stereocenters. The van der Waals surface area contributed by atoms with Crippen LogP contribution in [0.25, 0.3) is 5.57 Å². The van der Waals surface area contributed by atoms with Gasteiger partial charge in [-0.3, -0.25) is 4.79 Å². The molecule has 1 amide bonds. The van der Waals surface area contributed by atoms with Crippen molar-refractivity contribution in [2.75, 3.05) is 11.7 Å². The second kappa shape index (κ2) is 5.46. The van der Waals surface area contributed by atoms with Gasteiger partial charge in [0.25, 0.3) is 5.91 Å². The third-order valence-corrected chi connectivity index (χ3v) is 4.43. The third kappa shape index (κ3) is 2.20. The molecule has 2 aromatic rings. The Labute approximate surface area is 139 Å². The number of benzene rings is 2. The zero-order valence-electron chi connectivity index (χ0n) is 13.3. The lowest BCUT2D eigenvalue weighted by Crippen LogP contribution is -2.26. The smallest absolute Gasteiger partial charge is 0.258 e. The summed E-state index contributed by atoms with van der Waals surface area (Å²) < 4.78 is 24.7. The Morgan fingerprint density at radius 2 is 2.17 bits per heavy atom. The van der Waals surface area contributed by atoms with Gasteiger partial charge in [-0.25, -0.2) is 4.39 Å². The molecule has 24 heavy (non-hydrogen) atoms. The number of halogens is 1. The first-order valence-corrected chi connectivity index (χ1v) is 7.69. The minimum absolute atomic E-state index is 0.127. The lowest BCUT2D eigenvalue weighted by molar-refractivity contribution is -0.113. The molecule has 2 aliphatic heterocycles. The number of hydrogen-bond acceptors (Lipinski definition) is 3. The quantitative estimate of drug-likeness (QED) is 0.793. The van der Waals surface area contributed by atoms with Crippen LogP contribution in [0.1, 0.15) is 22.3 Å². The zero-order valence-corrected chi connectivity index (χ0v) is 13.3. The highest BCUT2D eigenvalue weighted by atomic mass is 19.1. The molecule has 2 aromatic carbocycles. The first kappa shape index (κ1) is 14.9. The predicted octanol–water partition coefficient (Wildman–Crippen LogP) is 3.56. The molecular weight excluding hydrogens is 309 g/mol. The Hall–Kier alpha value is -2.66. The Morgan fingerprint density at radius 3 is 3.00 bits per heavy atom. The highest BCUT2D eigenvalue weighted by Gasteiger charge is 2.33. The van der Waals surface area contributed by atoms with Gasteiger partial charge >= 0.3 is 0 Å². The summed E-state index contributed by atoms with van der Waals surface area (Å²) in [4.78, 5) is 14.3. The van der Waals surface area contributed by atoms with Crippen LogP contribution < -0.4 is 9.64 Å². The van der Waals surface area contributed by atoms with Crippen molar-refractivity contribution in [3.8, 4) is 5.75 Å². The van der Waals surface area contributed by atoms with E-state index in [1.807, 2.05) is 25.1 Å². The lowest BCUT2D eigenvalue weighted by Gasteiger charge is -2.24. The van der Waals surface area contributed by atoms with Crippen LogP contribution in [0.4, 0.5) is 10.1 Å². The Morgan fingerprint density at radius 1 is 1.33 bits per heavy atom. The fourth-order valence-corrected chi connectivity index (χ4v) is 3.35. The monoisotopic (exact) mass is 325 g/mol. The van der Waals surface area contributed by atoms with E-state index < -0.39 is 0 Å².